The van der Waals surface area contributed by atoms with Gasteiger partial charge in [0.25, 0.3) is 0 Å². The van der Waals surface area contributed by atoms with Gasteiger partial charge in [0.1, 0.15) is 12.4 Å². The van der Waals surface area contributed by atoms with E-state index in [1.807, 2.05) is 45.4 Å². The predicted molar refractivity (Wildman–Crippen MR) is 86.9 cm³/mol. The molecule has 0 heterocycles. The number of benzene rings is 1. The van der Waals surface area contributed by atoms with E-state index in [9.17, 15) is 4.79 Å². The van der Waals surface area contributed by atoms with Gasteiger partial charge in [0.15, 0.2) is 0 Å². The number of amides is 1. The molecule has 0 fully saturated rings. The summed E-state index contributed by atoms with van der Waals surface area (Å²) in [4.78, 5) is 15.7. The maximum atomic E-state index is 11.9. The molecule has 1 amide bonds. The zero-order chi connectivity index (χ0) is 15.7. The Balaban J connectivity index is 2.49. The van der Waals surface area contributed by atoms with Gasteiger partial charge in [-0.25, -0.2) is 0 Å². The first-order chi connectivity index (χ1) is 10.0. The highest BCUT2D eigenvalue weighted by Gasteiger charge is 2.09. The van der Waals surface area contributed by atoms with Crippen LogP contribution in [-0.2, 0) is 11.3 Å². The van der Waals surface area contributed by atoms with Crippen LogP contribution in [0.2, 0.25) is 0 Å². The van der Waals surface area contributed by atoms with Gasteiger partial charge in [-0.15, -0.1) is 11.6 Å². The highest BCUT2D eigenvalue weighted by molar-refractivity contribution is 6.17. The Labute approximate surface area is 132 Å². The number of nitrogens with zero attached hydrogens (tertiary/aromatic N) is 2. The van der Waals surface area contributed by atoms with Gasteiger partial charge < -0.3 is 14.5 Å². The molecule has 1 rings (SSSR count). The quantitative estimate of drug-likeness (QED) is 0.657. The van der Waals surface area contributed by atoms with E-state index >= 15 is 0 Å². The van der Waals surface area contributed by atoms with Crippen molar-refractivity contribution in [1.82, 2.24) is 9.80 Å². The minimum Gasteiger partial charge on any atom is -0.492 e. The van der Waals surface area contributed by atoms with Crippen LogP contribution in [0.3, 0.4) is 0 Å². The van der Waals surface area contributed by atoms with E-state index in [4.69, 9.17) is 16.3 Å². The van der Waals surface area contributed by atoms with Crippen LogP contribution in [0, 0.1) is 0 Å². The summed E-state index contributed by atoms with van der Waals surface area (Å²) in [5.41, 5.74) is 1.07. The molecule has 0 radical (unpaired) electrons. The van der Waals surface area contributed by atoms with E-state index in [0.717, 1.165) is 24.3 Å². The lowest BCUT2D eigenvalue weighted by molar-refractivity contribution is -0.130. The number of carbonyl (C=O) groups is 1. The van der Waals surface area contributed by atoms with Crippen LogP contribution < -0.4 is 4.74 Å². The van der Waals surface area contributed by atoms with Crippen molar-refractivity contribution in [3.63, 3.8) is 0 Å². The van der Waals surface area contributed by atoms with Gasteiger partial charge in [0.2, 0.25) is 5.91 Å². The summed E-state index contributed by atoms with van der Waals surface area (Å²) in [7, 11) is 5.85. The Morgan fingerprint density at radius 3 is 2.71 bits per heavy atom. The molecule has 0 atom stereocenters. The number of ether oxygens (including phenoxy) is 1. The molecule has 1 aromatic carbocycles. The van der Waals surface area contributed by atoms with E-state index in [1.165, 1.54) is 0 Å². The summed E-state index contributed by atoms with van der Waals surface area (Å²) in [5, 5.41) is 0. The topological polar surface area (TPSA) is 32.8 Å². The SMILES string of the molecule is CN(C)CCOc1cccc(CN(C)C(=O)CCCCl)c1. The van der Waals surface area contributed by atoms with Crippen molar-refractivity contribution in [2.24, 2.45) is 0 Å². The second kappa shape index (κ2) is 9.64. The van der Waals surface area contributed by atoms with Crippen LogP contribution in [0.15, 0.2) is 24.3 Å². The lowest BCUT2D eigenvalue weighted by atomic mass is 10.2. The first-order valence-corrected chi connectivity index (χ1v) is 7.72. The van der Waals surface area contributed by atoms with Crippen molar-refractivity contribution < 1.29 is 9.53 Å². The van der Waals surface area contributed by atoms with E-state index in [0.29, 0.717) is 25.5 Å². The summed E-state index contributed by atoms with van der Waals surface area (Å²) < 4.78 is 5.70. The lowest BCUT2D eigenvalue weighted by Crippen LogP contribution is -2.26. The molecule has 1 aromatic rings. The molecule has 118 valence electrons. The highest BCUT2D eigenvalue weighted by Crippen LogP contribution is 2.15. The molecule has 0 bridgehead atoms. The first-order valence-electron chi connectivity index (χ1n) is 7.19. The Morgan fingerprint density at radius 1 is 1.29 bits per heavy atom. The molecule has 0 aromatic heterocycles. The summed E-state index contributed by atoms with van der Waals surface area (Å²) in [6.45, 7) is 2.12. The third-order valence-electron chi connectivity index (χ3n) is 3.08. The van der Waals surface area contributed by atoms with E-state index in [1.54, 1.807) is 4.90 Å². The Hall–Kier alpha value is -1.26. The molecule has 5 heteroatoms. The van der Waals surface area contributed by atoms with Crippen molar-refractivity contribution in [3.8, 4) is 5.75 Å². The maximum Gasteiger partial charge on any atom is 0.222 e. The van der Waals surface area contributed by atoms with Gasteiger partial charge >= 0.3 is 0 Å². The van der Waals surface area contributed by atoms with Crippen molar-refractivity contribution in [1.29, 1.82) is 0 Å². The van der Waals surface area contributed by atoms with Gasteiger partial charge in [0, 0.05) is 32.4 Å². The number of rotatable bonds is 9. The Bertz CT molecular complexity index is 438. The molecule has 4 nitrogen and oxygen atoms in total. The summed E-state index contributed by atoms with van der Waals surface area (Å²) in [6.07, 6.45) is 1.22. The summed E-state index contributed by atoms with van der Waals surface area (Å²) in [6, 6.07) is 7.89. The number of carbonyl (C=O) groups excluding carboxylic acids is 1. The summed E-state index contributed by atoms with van der Waals surface area (Å²) in [5.74, 6) is 1.49. The fraction of sp³-hybridized carbons (Fsp3) is 0.562. The van der Waals surface area contributed by atoms with Crippen LogP contribution >= 0.6 is 11.6 Å². The number of alkyl halides is 1. The number of likely N-dealkylation sites (N-methyl/N-ethyl adjacent to an activating group) is 1. The monoisotopic (exact) mass is 312 g/mol. The standard InChI is InChI=1S/C16H25ClN2O2/c1-18(2)10-11-21-15-7-4-6-14(12-15)13-19(3)16(20)8-5-9-17/h4,6-7,12H,5,8-11,13H2,1-3H3. The van der Waals surface area contributed by atoms with Gasteiger partial charge in [-0.05, 0) is 38.2 Å². The predicted octanol–water partition coefficient (Wildman–Crippen LogP) is 2.60. The van der Waals surface area contributed by atoms with Gasteiger partial charge in [-0.3, -0.25) is 4.79 Å². The second-order valence-electron chi connectivity index (χ2n) is 5.34. The van der Waals surface area contributed by atoms with Crippen LogP contribution in [0.4, 0.5) is 0 Å². The molecule has 0 saturated heterocycles. The molecule has 0 unspecified atom stereocenters. The van der Waals surface area contributed by atoms with Gasteiger partial charge in [0.05, 0.1) is 0 Å². The van der Waals surface area contributed by atoms with Crippen molar-refractivity contribution in [2.45, 2.75) is 19.4 Å². The normalized spacial score (nSPS) is 10.7. The molecule has 0 saturated carbocycles. The number of hydrogen-bond acceptors (Lipinski definition) is 3. The third kappa shape index (κ3) is 7.34. The fourth-order valence-electron chi connectivity index (χ4n) is 1.85. The van der Waals surface area contributed by atoms with E-state index in [2.05, 4.69) is 4.90 Å². The number of halogens is 1. The molecule has 0 aliphatic rings. The molecule has 21 heavy (non-hydrogen) atoms. The Morgan fingerprint density at radius 2 is 2.05 bits per heavy atom. The van der Waals surface area contributed by atoms with Crippen LogP contribution in [-0.4, -0.2) is 55.9 Å². The molecule has 0 aliphatic heterocycles. The van der Waals surface area contributed by atoms with E-state index < -0.39 is 0 Å². The lowest BCUT2D eigenvalue weighted by Gasteiger charge is -2.18. The van der Waals surface area contributed by atoms with Crippen molar-refractivity contribution in [3.05, 3.63) is 29.8 Å². The molecular weight excluding hydrogens is 288 g/mol. The highest BCUT2D eigenvalue weighted by atomic mass is 35.5. The largest absolute Gasteiger partial charge is 0.492 e. The third-order valence-corrected chi connectivity index (χ3v) is 3.34. The van der Waals surface area contributed by atoms with Crippen LogP contribution in [0.1, 0.15) is 18.4 Å². The zero-order valence-electron chi connectivity index (χ0n) is 13.1. The Kier molecular flexibility index (Phi) is 8.16. The second-order valence-corrected chi connectivity index (χ2v) is 5.72. The minimum absolute atomic E-state index is 0.120. The zero-order valence-corrected chi connectivity index (χ0v) is 13.9. The maximum absolute atomic E-state index is 11.9. The van der Waals surface area contributed by atoms with Gasteiger partial charge in [-0.2, -0.15) is 0 Å². The smallest absolute Gasteiger partial charge is 0.222 e. The van der Waals surface area contributed by atoms with Crippen molar-refractivity contribution >= 4 is 17.5 Å². The molecular formula is C16H25ClN2O2. The summed E-state index contributed by atoms with van der Waals surface area (Å²) >= 11 is 5.61. The first kappa shape index (κ1) is 17.8. The van der Waals surface area contributed by atoms with Crippen molar-refractivity contribution in [2.75, 3.05) is 40.2 Å². The average molecular weight is 313 g/mol. The van der Waals surface area contributed by atoms with E-state index in [-0.39, 0.29) is 5.91 Å². The van der Waals surface area contributed by atoms with Crippen LogP contribution in [0.5, 0.6) is 5.75 Å². The molecule has 0 aliphatic carbocycles. The van der Waals surface area contributed by atoms with Gasteiger partial charge in [-0.1, -0.05) is 12.1 Å². The molecule has 0 spiro atoms. The fourth-order valence-corrected chi connectivity index (χ4v) is 1.98. The minimum atomic E-state index is 0.120. The average Bonchev–Trinajstić information content (AvgIpc) is 2.44. The number of hydrogen-bond donors (Lipinski definition) is 0. The molecule has 0 N–H and O–H groups in total. The van der Waals surface area contributed by atoms with Crippen LogP contribution in [0.25, 0.3) is 0 Å².